The zero-order valence-corrected chi connectivity index (χ0v) is 19.6. The van der Waals surface area contributed by atoms with Crippen LogP contribution in [0.4, 0.5) is 4.79 Å². The Morgan fingerprint density at radius 3 is 2.18 bits per heavy atom. The molecule has 0 spiro atoms. The molecule has 180 valence electrons. The molecule has 9 nitrogen and oxygen atoms in total. The van der Waals surface area contributed by atoms with Crippen LogP contribution in [0.25, 0.3) is 0 Å². The molecule has 1 aliphatic heterocycles. The van der Waals surface area contributed by atoms with Crippen LogP contribution in [0.3, 0.4) is 0 Å². The van der Waals surface area contributed by atoms with Crippen molar-refractivity contribution in [3.63, 3.8) is 0 Å². The van der Waals surface area contributed by atoms with E-state index in [1.165, 1.54) is 19.1 Å². The second-order valence-electron chi connectivity index (χ2n) is 7.56. The number of urea groups is 1. The first kappa shape index (κ1) is 24.8. The maximum absolute atomic E-state index is 12.7. The Kier molecular flexibility index (Phi) is 8.26. The van der Waals surface area contributed by atoms with E-state index in [0.717, 1.165) is 5.56 Å². The first-order chi connectivity index (χ1) is 16.4. The molecule has 1 aliphatic rings. The number of nitrogens with one attached hydrogen (secondary N) is 1. The fourth-order valence-electron chi connectivity index (χ4n) is 3.64. The van der Waals surface area contributed by atoms with Crippen molar-refractivity contribution in [3.8, 4) is 5.75 Å². The molecule has 0 saturated heterocycles. The second-order valence-corrected chi connectivity index (χ2v) is 7.56. The smallest absolute Gasteiger partial charge is 0.337 e. The highest BCUT2D eigenvalue weighted by Gasteiger charge is 2.36. The van der Waals surface area contributed by atoms with Gasteiger partial charge in [0.1, 0.15) is 12.4 Å². The minimum atomic E-state index is -0.654. The van der Waals surface area contributed by atoms with Gasteiger partial charge in [0, 0.05) is 12.8 Å². The lowest BCUT2D eigenvalue weighted by Crippen LogP contribution is -2.48. The van der Waals surface area contributed by atoms with E-state index in [4.69, 9.17) is 18.9 Å². The maximum atomic E-state index is 12.7. The van der Waals surface area contributed by atoms with Gasteiger partial charge in [-0.2, -0.15) is 0 Å². The number of amides is 2. The average Bonchev–Trinajstić information content (AvgIpc) is 2.86. The number of methoxy groups -OCH3 is 3. The number of allylic oxidation sites excluding steroid dienone is 1. The Bertz CT molecular complexity index is 1060. The summed E-state index contributed by atoms with van der Waals surface area (Å²) < 4.78 is 20.6. The molecule has 2 aromatic carbocycles. The summed E-state index contributed by atoms with van der Waals surface area (Å²) in [5.41, 5.74) is 2.95. The Morgan fingerprint density at radius 1 is 0.941 bits per heavy atom. The van der Waals surface area contributed by atoms with E-state index in [0.29, 0.717) is 47.9 Å². The standard InChI is InChI=1S/C25H28N2O7/c1-16-21(24(29)33-4)22(26-25(30)27(16)13-14-31-2)18-9-11-20(12-10-18)34-15-17-5-7-19(8-6-17)23(28)32-3/h5-12,22H,13-15H2,1-4H3,(H,26,30). The Morgan fingerprint density at radius 2 is 1.59 bits per heavy atom. The summed E-state index contributed by atoms with van der Waals surface area (Å²) in [4.78, 5) is 38.2. The third kappa shape index (κ3) is 5.55. The molecule has 9 heteroatoms. The Labute approximate surface area is 198 Å². The third-order valence-electron chi connectivity index (χ3n) is 5.51. The van der Waals surface area contributed by atoms with E-state index in [9.17, 15) is 14.4 Å². The molecule has 0 bridgehead atoms. The van der Waals surface area contributed by atoms with Crippen molar-refractivity contribution < 1.29 is 33.3 Å². The van der Waals surface area contributed by atoms with Crippen LogP contribution in [0.1, 0.15) is 34.5 Å². The van der Waals surface area contributed by atoms with Gasteiger partial charge in [0.05, 0.1) is 44.5 Å². The van der Waals surface area contributed by atoms with Crippen molar-refractivity contribution in [1.29, 1.82) is 0 Å². The van der Waals surface area contributed by atoms with Gasteiger partial charge in [0.2, 0.25) is 0 Å². The molecule has 3 rings (SSSR count). The van der Waals surface area contributed by atoms with Gasteiger partial charge in [0.15, 0.2) is 0 Å². The second kappa shape index (κ2) is 11.3. The number of carbonyl (C=O) groups excluding carboxylic acids is 3. The first-order valence-corrected chi connectivity index (χ1v) is 10.7. The number of nitrogens with zero attached hydrogens (tertiary/aromatic N) is 1. The van der Waals surface area contributed by atoms with Crippen LogP contribution in [-0.2, 0) is 25.6 Å². The van der Waals surface area contributed by atoms with Gasteiger partial charge in [0.25, 0.3) is 0 Å². The van der Waals surface area contributed by atoms with Crippen molar-refractivity contribution >= 4 is 18.0 Å². The van der Waals surface area contributed by atoms with E-state index in [-0.39, 0.29) is 6.03 Å². The van der Waals surface area contributed by atoms with E-state index < -0.39 is 18.0 Å². The van der Waals surface area contributed by atoms with Crippen LogP contribution < -0.4 is 10.1 Å². The monoisotopic (exact) mass is 468 g/mol. The number of benzene rings is 2. The summed E-state index contributed by atoms with van der Waals surface area (Å²) in [7, 11) is 4.20. The molecular formula is C25H28N2O7. The number of esters is 2. The fourth-order valence-corrected chi connectivity index (χ4v) is 3.64. The molecular weight excluding hydrogens is 440 g/mol. The van der Waals surface area contributed by atoms with Crippen LogP contribution in [0.2, 0.25) is 0 Å². The molecule has 1 unspecified atom stereocenters. The molecule has 0 radical (unpaired) electrons. The number of ether oxygens (including phenoxy) is 4. The molecule has 0 aliphatic carbocycles. The highest BCUT2D eigenvalue weighted by Crippen LogP contribution is 2.32. The minimum Gasteiger partial charge on any atom is -0.489 e. The third-order valence-corrected chi connectivity index (χ3v) is 5.51. The molecule has 1 N–H and O–H groups in total. The molecule has 1 heterocycles. The van der Waals surface area contributed by atoms with E-state index in [1.54, 1.807) is 62.6 Å². The van der Waals surface area contributed by atoms with Crippen LogP contribution in [0.5, 0.6) is 5.75 Å². The highest BCUT2D eigenvalue weighted by atomic mass is 16.5. The summed E-state index contributed by atoms with van der Waals surface area (Å²) >= 11 is 0. The highest BCUT2D eigenvalue weighted by molar-refractivity contribution is 5.95. The predicted octanol–water partition coefficient (Wildman–Crippen LogP) is 3.21. The number of hydrogen-bond acceptors (Lipinski definition) is 7. The van der Waals surface area contributed by atoms with E-state index in [2.05, 4.69) is 5.32 Å². The van der Waals surface area contributed by atoms with Crippen molar-refractivity contribution in [1.82, 2.24) is 10.2 Å². The minimum absolute atomic E-state index is 0.307. The summed E-state index contributed by atoms with van der Waals surface area (Å²) in [6.45, 7) is 2.68. The fraction of sp³-hybridized carbons (Fsp3) is 0.320. The van der Waals surface area contributed by atoms with Gasteiger partial charge in [-0.3, -0.25) is 4.90 Å². The van der Waals surface area contributed by atoms with Crippen molar-refractivity contribution in [2.45, 2.75) is 19.6 Å². The van der Waals surface area contributed by atoms with Crippen LogP contribution >= 0.6 is 0 Å². The topological polar surface area (TPSA) is 103 Å². The number of hydrogen-bond donors (Lipinski definition) is 1. The van der Waals surface area contributed by atoms with Crippen molar-refractivity contribution in [2.75, 3.05) is 34.5 Å². The quantitative estimate of drug-likeness (QED) is 0.564. The lowest BCUT2D eigenvalue weighted by molar-refractivity contribution is -0.136. The molecule has 0 aromatic heterocycles. The maximum Gasteiger partial charge on any atom is 0.337 e. The summed E-state index contributed by atoms with van der Waals surface area (Å²) in [5, 5.41) is 2.88. The molecule has 2 aromatic rings. The van der Waals surface area contributed by atoms with Gasteiger partial charge in [-0.25, -0.2) is 14.4 Å². The first-order valence-electron chi connectivity index (χ1n) is 10.7. The van der Waals surface area contributed by atoms with Gasteiger partial charge in [-0.05, 0) is 42.3 Å². The lowest BCUT2D eigenvalue weighted by atomic mass is 9.95. The van der Waals surface area contributed by atoms with E-state index in [1.807, 2.05) is 0 Å². The lowest BCUT2D eigenvalue weighted by Gasteiger charge is -2.35. The zero-order valence-electron chi connectivity index (χ0n) is 19.6. The van der Waals surface area contributed by atoms with Crippen molar-refractivity contribution in [2.24, 2.45) is 0 Å². The average molecular weight is 469 g/mol. The molecule has 2 amide bonds. The molecule has 34 heavy (non-hydrogen) atoms. The normalized spacial score (nSPS) is 15.6. The van der Waals surface area contributed by atoms with Gasteiger partial charge in [-0.1, -0.05) is 24.3 Å². The van der Waals surface area contributed by atoms with Crippen LogP contribution in [-0.4, -0.2) is 57.4 Å². The Balaban J connectivity index is 1.74. The molecule has 0 fully saturated rings. The zero-order chi connectivity index (χ0) is 24.7. The van der Waals surface area contributed by atoms with Crippen LogP contribution in [0.15, 0.2) is 59.8 Å². The summed E-state index contributed by atoms with van der Waals surface area (Å²) in [6, 6.07) is 13.1. The van der Waals surface area contributed by atoms with Crippen molar-refractivity contribution in [3.05, 3.63) is 76.5 Å². The van der Waals surface area contributed by atoms with Crippen LogP contribution in [0, 0.1) is 0 Å². The number of rotatable bonds is 9. The van der Waals surface area contributed by atoms with E-state index >= 15 is 0 Å². The summed E-state index contributed by atoms with van der Waals surface area (Å²) in [6.07, 6.45) is 0. The SMILES string of the molecule is COCCN1C(=O)NC(c2ccc(OCc3ccc(C(=O)OC)cc3)cc2)C(C(=O)OC)=C1C. The predicted molar refractivity (Wildman–Crippen MR) is 123 cm³/mol. The number of carbonyl (C=O) groups is 3. The summed E-state index contributed by atoms with van der Waals surface area (Å²) in [5.74, 6) is -0.291. The Hall–Kier alpha value is -3.85. The van der Waals surface area contributed by atoms with Gasteiger partial charge in [-0.15, -0.1) is 0 Å². The largest absolute Gasteiger partial charge is 0.489 e. The molecule has 1 atom stereocenters. The van der Waals surface area contributed by atoms with Gasteiger partial charge < -0.3 is 24.3 Å². The van der Waals surface area contributed by atoms with Gasteiger partial charge >= 0.3 is 18.0 Å². The molecule has 0 saturated carbocycles.